The van der Waals surface area contributed by atoms with E-state index in [4.69, 9.17) is 4.74 Å². The Labute approximate surface area is 135 Å². The highest BCUT2D eigenvalue weighted by molar-refractivity contribution is 5.92. The number of esters is 1. The quantitative estimate of drug-likeness (QED) is 0.747. The molecule has 2 amide bonds. The maximum absolute atomic E-state index is 12.3. The fourth-order valence-electron chi connectivity index (χ4n) is 2.41. The molecule has 23 heavy (non-hydrogen) atoms. The molecule has 1 aromatic rings. The van der Waals surface area contributed by atoms with Crippen molar-refractivity contribution in [1.29, 1.82) is 0 Å². The van der Waals surface area contributed by atoms with Crippen LogP contribution in [0.15, 0.2) is 24.4 Å². The van der Waals surface area contributed by atoms with Crippen molar-refractivity contribution in [3.8, 4) is 0 Å². The topological polar surface area (TPSA) is 79.8 Å². The second-order valence-corrected chi connectivity index (χ2v) is 5.19. The van der Waals surface area contributed by atoms with Crippen LogP contribution in [0.25, 0.3) is 0 Å². The predicted molar refractivity (Wildman–Crippen MR) is 82.6 cm³/mol. The summed E-state index contributed by atoms with van der Waals surface area (Å²) in [6.45, 7) is 3.94. The Hall–Kier alpha value is -2.44. The van der Waals surface area contributed by atoms with Crippen molar-refractivity contribution in [2.75, 3.05) is 32.8 Å². The van der Waals surface area contributed by atoms with Crippen LogP contribution in [0.2, 0.25) is 0 Å². The zero-order chi connectivity index (χ0) is 16.7. The minimum atomic E-state index is -0.357. The minimum Gasteiger partial charge on any atom is -0.466 e. The molecule has 0 aromatic carbocycles. The van der Waals surface area contributed by atoms with E-state index in [0.29, 0.717) is 38.5 Å². The van der Waals surface area contributed by atoms with Gasteiger partial charge in [0, 0.05) is 38.8 Å². The van der Waals surface area contributed by atoms with Gasteiger partial charge in [-0.2, -0.15) is 0 Å². The van der Waals surface area contributed by atoms with Crippen molar-refractivity contribution in [1.82, 2.24) is 14.8 Å². The number of rotatable bonds is 5. The van der Waals surface area contributed by atoms with E-state index in [1.165, 1.54) is 0 Å². The normalized spacial score (nSPS) is 14.5. The molecule has 0 saturated carbocycles. The third-order valence-corrected chi connectivity index (χ3v) is 3.65. The van der Waals surface area contributed by atoms with Crippen LogP contribution >= 0.6 is 0 Å². The number of hydrogen-bond acceptors (Lipinski definition) is 5. The zero-order valence-electron chi connectivity index (χ0n) is 13.2. The molecule has 0 atom stereocenters. The van der Waals surface area contributed by atoms with Gasteiger partial charge in [0.05, 0.1) is 13.0 Å². The van der Waals surface area contributed by atoms with E-state index in [0.717, 1.165) is 0 Å². The molecule has 1 saturated heterocycles. The van der Waals surface area contributed by atoms with E-state index in [-0.39, 0.29) is 30.6 Å². The average molecular weight is 319 g/mol. The Morgan fingerprint density at radius 2 is 1.78 bits per heavy atom. The van der Waals surface area contributed by atoms with Gasteiger partial charge < -0.3 is 14.5 Å². The monoisotopic (exact) mass is 319 g/mol. The van der Waals surface area contributed by atoms with Gasteiger partial charge in [0.1, 0.15) is 5.69 Å². The van der Waals surface area contributed by atoms with Gasteiger partial charge in [0.25, 0.3) is 5.91 Å². The summed E-state index contributed by atoms with van der Waals surface area (Å²) in [6, 6.07) is 5.21. The molecular formula is C16H21N3O4. The Morgan fingerprint density at radius 3 is 2.39 bits per heavy atom. The van der Waals surface area contributed by atoms with Gasteiger partial charge in [-0.1, -0.05) is 6.07 Å². The number of carbonyl (C=O) groups excluding carboxylic acids is 3. The Kier molecular flexibility index (Phi) is 6.08. The van der Waals surface area contributed by atoms with E-state index in [1.807, 2.05) is 0 Å². The SMILES string of the molecule is CCOC(=O)CCC(=O)N1CCN(C(=O)c2ccccn2)CC1. The van der Waals surface area contributed by atoms with Crippen LogP contribution in [0, 0.1) is 0 Å². The van der Waals surface area contributed by atoms with Crippen LogP contribution in [0.1, 0.15) is 30.3 Å². The van der Waals surface area contributed by atoms with Crippen LogP contribution in [0.5, 0.6) is 0 Å². The second-order valence-electron chi connectivity index (χ2n) is 5.19. The molecule has 0 unspecified atom stereocenters. The van der Waals surface area contributed by atoms with E-state index >= 15 is 0 Å². The van der Waals surface area contributed by atoms with Gasteiger partial charge in [0.2, 0.25) is 5.91 Å². The molecule has 1 fully saturated rings. The molecule has 1 aromatic heterocycles. The molecule has 1 aliphatic heterocycles. The molecule has 124 valence electrons. The van der Waals surface area contributed by atoms with Gasteiger partial charge in [-0.25, -0.2) is 0 Å². The number of amides is 2. The predicted octanol–water partition coefficient (Wildman–Crippen LogP) is 0.709. The summed E-state index contributed by atoms with van der Waals surface area (Å²) in [6.07, 6.45) is 1.83. The van der Waals surface area contributed by atoms with Gasteiger partial charge in [-0.05, 0) is 19.1 Å². The first-order valence-corrected chi connectivity index (χ1v) is 7.75. The van der Waals surface area contributed by atoms with Gasteiger partial charge in [0.15, 0.2) is 0 Å². The first kappa shape index (κ1) is 16.9. The molecule has 1 aliphatic rings. The van der Waals surface area contributed by atoms with Crippen molar-refractivity contribution < 1.29 is 19.1 Å². The highest BCUT2D eigenvalue weighted by atomic mass is 16.5. The van der Waals surface area contributed by atoms with E-state index in [2.05, 4.69) is 4.98 Å². The van der Waals surface area contributed by atoms with Crippen molar-refractivity contribution in [2.24, 2.45) is 0 Å². The number of hydrogen-bond donors (Lipinski definition) is 0. The van der Waals surface area contributed by atoms with Gasteiger partial charge in [-0.3, -0.25) is 19.4 Å². The van der Waals surface area contributed by atoms with E-state index in [9.17, 15) is 14.4 Å². The first-order valence-electron chi connectivity index (χ1n) is 7.75. The molecule has 0 N–H and O–H groups in total. The fraction of sp³-hybridized carbons (Fsp3) is 0.500. The van der Waals surface area contributed by atoms with Crippen molar-refractivity contribution in [3.05, 3.63) is 30.1 Å². The summed E-state index contributed by atoms with van der Waals surface area (Å²) in [7, 11) is 0. The summed E-state index contributed by atoms with van der Waals surface area (Å²) < 4.78 is 4.81. The number of ether oxygens (including phenoxy) is 1. The number of piperazine rings is 1. The molecule has 0 bridgehead atoms. The maximum atomic E-state index is 12.3. The molecular weight excluding hydrogens is 298 g/mol. The summed E-state index contributed by atoms with van der Waals surface area (Å²) in [5.74, 6) is -0.558. The molecule has 2 heterocycles. The third-order valence-electron chi connectivity index (χ3n) is 3.65. The van der Waals surface area contributed by atoms with Crippen LogP contribution < -0.4 is 0 Å². The molecule has 0 radical (unpaired) electrons. The van der Waals surface area contributed by atoms with E-state index in [1.54, 1.807) is 41.1 Å². The number of carbonyl (C=O) groups is 3. The number of nitrogens with zero attached hydrogens (tertiary/aromatic N) is 3. The lowest BCUT2D eigenvalue weighted by molar-refractivity contribution is -0.146. The highest BCUT2D eigenvalue weighted by Gasteiger charge is 2.25. The highest BCUT2D eigenvalue weighted by Crippen LogP contribution is 2.09. The van der Waals surface area contributed by atoms with Crippen LogP contribution in [-0.2, 0) is 14.3 Å². The smallest absolute Gasteiger partial charge is 0.306 e. The maximum Gasteiger partial charge on any atom is 0.306 e. The largest absolute Gasteiger partial charge is 0.466 e. The average Bonchev–Trinajstić information content (AvgIpc) is 2.60. The molecule has 0 spiro atoms. The van der Waals surface area contributed by atoms with Gasteiger partial charge >= 0.3 is 5.97 Å². The molecule has 7 heteroatoms. The van der Waals surface area contributed by atoms with Crippen molar-refractivity contribution in [3.63, 3.8) is 0 Å². The summed E-state index contributed by atoms with van der Waals surface area (Å²) in [5, 5.41) is 0. The molecule has 2 rings (SSSR count). The Bertz CT molecular complexity index is 554. The fourth-order valence-corrected chi connectivity index (χ4v) is 2.41. The standard InChI is InChI=1S/C16H21N3O4/c1-2-23-15(21)7-6-14(20)18-9-11-19(12-10-18)16(22)13-5-3-4-8-17-13/h3-5,8H,2,6-7,9-12H2,1H3. The van der Waals surface area contributed by atoms with Crippen molar-refractivity contribution >= 4 is 17.8 Å². The molecule has 0 aliphatic carbocycles. The molecule has 7 nitrogen and oxygen atoms in total. The third kappa shape index (κ3) is 4.77. The summed E-state index contributed by atoms with van der Waals surface area (Å²) >= 11 is 0. The van der Waals surface area contributed by atoms with Crippen LogP contribution in [0.4, 0.5) is 0 Å². The number of aromatic nitrogens is 1. The van der Waals surface area contributed by atoms with Gasteiger partial charge in [-0.15, -0.1) is 0 Å². The van der Waals surface area contributed by atoms with Crippen molar-refractivity contribution in [2.45, 2.75) is 19.8 Å². The minimum absolute atomic E-state index is 0.0806. The Balaban J connectivity index is 1.78. The summed E-state index contributed by atoms with van der Waals surface area (Å²) in [4.78, 5) is 43.0. The van der Waals surface area contributed by atoms with E-state index < -0.39 is 0 Å². The first-order chi connectivity index (χ1) is 11.1. The lowest BCUT2D eigenvalue weighted by atomic mass is 10.2. The van der Waals surface area contributed by atoms with Crippen LogP contribution in [-0.4, -0.2) is 65.4 Å². The zero-order valence-corrected chi connectivity index (χ0v) is 13.2. The summed E-state index contributed by atoms with van der Waals surface area (Å²) in [5.41, 5.74) is 0.412. The van der Waals surface area contributed by atoms with Crippen LogP contribution in [0.3, 0.4) is 0 Å². The lowest BCUT2D eigenvalue weighted by Crippen LogP contribution is -2.50. The lowest BCUT2D eigenvalue weighted by Gasteiger charge is -2.34. The number of pyridine rings is 1. The Morgan fingerprint density at radius 1 is 1.09 bits per heavy atom. The second kappa shape index (κ2) is 8.26.